The summed E-state index contributed by atoms with van der Waals surface area (Å²) in [5, 5.41) is 0. The van der Waals surface area contributed by atoms with E-state index in [1.165, 1.54) is 0 Å². The average Bonchev–Trinajstić information content (AvgIpc) is 2.28. The molecule has 0 saturated carbocycles. The van der Waals surface area contributed by atoms with Gasteiger partial charge in [0.05, 0.1) is 6.10 Å². The van der Waals surface area contributed by atoms with Crippen LogP contribution < -0.4 is 4.74 Å². The van der Waals surface area contributed by atoms with Gasteiger partial charge in [-0.3, -0.25) is 0 Å². The van der Waals surface area contributed by atoms with E-state index in [0.29, 0.717) is 0 Å². The SMILES string of the molecule is C=C(C)c1ccc(OC(C)(OC(C)C)C(C)C)cc1. The van der Waals surface area contributed by atoms with E-state index < -0.39 is 5.79 Å². The smallest absolute Gasteiger partial charge is 0.210 e. The van der Waals surface area contributed by atoms with Gasteiger partial charge in [-0.15, -0.1) is 0 Å². The summed E-state index contributed by atoms with van der Waals surface area (Å²) in [6.07, 6.45) is 0.127. The zero-order chi connectivity index (χ0) is 14.6. The third kappa shape index (κ3) is 4.39. The molecule has 0 aromatic heterocycles. The molecule has 0 amide bonds. The monoisotopic (exact) mass is 262 g/mol. The first-order valence-electron chi connectivity index (χ1n) is 6.87. The van der Waals surface area contributed by atoms with Crippen LogP contribution in [0, 0.1) is 5.92 Å². The van der Waals surface area contributed by atoms with E-state index in [9.17, 15) is 0 Å². The van der Waals surface area contributed by atoms with E-state index in [1.807, 2.05) is 52.0 Å². The van der Waals surface area contributed by atoms with Gasteiger partial charge in [0.15, 0.2) is 0 Å². The molecule has 0 bridgehead atoms. The van der Waals surface area contributed by atoms with Crippen LogP contribution in [0.2, 0.25) is 0 Å². The Balaban J connectivity index is 2.88. The summed E-state index contributed by atoms with van der Waals surface area (Å²) < 4.78 is 12.0. The van der Waals surface area contributed by atoms with Gasteiger partial charge in [-0.25, -0.2) is 0 Å². The van der Waals surface area contributed by atoms with Gasteiger partial charge in [0.2, 0.25) is 5.79 Å². The summed E-state index contributed by atoms with van der Waals surface area (Å²) in [5.41, 5.74) is 2.18. The summed E-state index contributed by atoms with van der Waals surface area (Å²) in [4.78, 5) is 0. The molecule has 1 atom stereocenters. The van der Waals surface area contributed by atoms with Crippen molar-refractivity contribution in [3.05, 3.63) is 36.4 Å². The molecule has 19 heavy (non-hydrogen) atoms. The molecule has 0 N–H and O–H groups in total. The quantitative estimate of drug-likeness (QED) is 0.679. The lowest BCUT2D eigenvalue weighted by atomic mass is 10.0. The van der Waals surface area contributed by atoms with Gasteiger partial charge in [0.1, 0.15) is 5.75 Å². The number of hydrogen-bond acceptors (Lipinski definition) is 2. The highest BCUT2D eigenvalue weighted by molar-refractivity contribution is 5.61. The molecule has 1 unspecified atom stereocenters. The Morgan fingerprint density at radius 2 is 1.63 bits per heavy atom. The first-order chi connectivity index (χ1) is 8.74. The molecule has 106 valence electrons. The van der Waals surface area contributed by atoms with E-state index in [2.05, 4.69) is 20.4 Å². The summed E-state index contributed by atoms with van der Waals surface area (Å²) >= 11 is 0. The van der Waals surface area contributed by atoms with E-state index >= 15 is 0 Å². The summed E-state index contributed by atoms with van der Waals surface area (Å²) in [7, 11) is 0. The van der Waals surface area contributed by atoms with Crippen LogP contribution in [0.5, 0.6) is 5.75 Å². The van der Waals surface area contributed by atoms with Crippen molar-refractivity contribution in [2.75, 3.05) is 0 Å². The van der Waals surface area contributed by atoms with E-state index in [-0.39, 0.29) is 12.0 Å². The fraction of sp³-hybridized carbons (Fsp3) is 0.529. The van der Waals surface area contributed by atoms with Crippen molar-refractivity contribution in [3.8, 4) is 5.75 Å². The zero-order valence-electron chi connectivity index (χ0n) is 13.0. The second kappa shape index (κ2) is 6.25. The largest absolute Gasteiger partial charge is 0.462 e. The van der Waals surface area contributed by atoms with Gasteiger partial charge >= 0.3 is 0 Å². The van der Waals surface area contributed by atoms with Gasteiger partial charge in [-0.05, 0) is 38.5 Å². The predicted octanol–water partition coefficient (Wildman–Crippen LogP) is 4.90. The third-order valence-corrected chi connectivity index (χ3v) is 3.19. The standard InChI is InChI=1S/C17H26O2/c1-12(2)15-8-10-16(11-9-15)19-17(7,13(3)4)18-14(5)6/h8-11,13-14H,1H2,2-7H3. The predicted molar refractivity (Wildman–Crippen MR) is 81.2 cm³/mol. The summed E-state index contributed by atoms with van der Waals surface area (Å²) in [5.74, 6) is 0.469. The fourth-order valence-electron chi connectivity index (χ4n) is 1.79. The van der Waals surface area contributed by atoms with Crippen LogP contribution in [0.25, 0.3) is 5.57 Å². The normalized spacial score (nSPS) is 14.5. The molecule has 0 aliphatic carbocycles. The number of ether oxygens (including phenoxy) is 2. The Kier molecular flexibility index (Phi) is 5.19. The first-order valence-corrected chi connectivity index (χ1v) is 6.87. The number of hydrogen-bond donors (Lipinski definition) is 0. The van der Waals surface area contributed by atoms with Crippen LogP contribution in [-0.2, 0) is 4.74 Å². The highest BCUT2D eigenvalue weighted by atomic mass is 16.7. The Hall–Kier alpha value is -1.28. The lowest BCUT2D eigenvalue weighted by molar-refractivity contribution is -0.217. The van der Waals surface area contributed by atoms with Crippen molar-refractivity contribution in [3.63, 3.8) is 0 Å². The van der Waals surface area contributed by atoms with Crippen LogP contribution in [0.1, 0.15) is 47.1 Å². The van der Waals surface area contributed by atoms with Gasteiger partial charge in [0.25, 0.3) is 0 Å². The van der Waals surface area contributed by atoms with Crippen LogP contribution in [0.4, 0.5) is 0 Å². The van der Waals surface area contributed by atoms with Crippen molar-refractivity contribution in [2.45, 2.75) is 53.4 Å². The van der Waals surface area contributed by atoms with Crippen molar-refractivity contribution in [1.29, 1.82) is 0 Å². The van der Waals surface area contributed by atoms with Gasteiger partial charge in [0, 0.05) is 12.8 Å². The molecule has 1 aromatic rings. The Morgan fingerprint density at radius 1 is 1.11 bits per heavy atom. The maximum absolute atomic E-state index is 6.06. The number of benzene rings is 1. The minimum absolute atomic E-state index is 0.127. The second-order valence-electron chi connectivity index (χ2n) is 5.74. The molecule has 0 radical (unpaired) electrons. The Bertz CT molecular complexity index is 417. The molecule has 0 heterocycles. The van der Waals surface area contributed by atoms with Crippen LogP contribution >= 0.6 is 0 Å². The van der Waals surface area contributed by atoms with Crippen molar-refractivity contribution in [2.24, 2.45) is 5.92 Å². The zero-order valence-corrected chi connectivity index (χ0v) is 13.0. The summed E-state index contributed by atoms with van der Waals surface area (Å²) in [6.45, 7) is 16.2. The van der Waals surface area contributed by atoms with Crippen molar-refractivity contribution in [1.82, 2.24) is 0 Å². The molecule has 1 rings (SSSR count). The number of allylic oxidation sites excluding steroid dienone is 1. The topological polar surface area (TPSA) is 18.5 Å². The fourth-order valence-corrected chi connectivity index (χ4v) is 1.79. The molecule has 2 nitrogen and oxygen atoms in total. The van der Waals surface area contributed by atoms with Crippen molar-refractivity contribution >= 4 is 5.57 Å². The minimum Gasteiger partial charge on any atom is -0.462 e. The van der Waals surface area contributed by atoms with E-state index in [0.717, 1.165) is 16.9 Å². The lowest BCUT2D eigenvalue weighted by Gasteiger charge is -2.36. The highest BCUT2D eigenvalue weighted by Crippen LogP contribution is 2.28. The van der Waals surface area contributed by atoms with Gasteiger partial charge in [-0.1, -0.05) is 38.1 Å². The summed E-state index contributed by atoms with van der Waals surface area (Å²) in [6, 6.07) is 7.98. The number of rotatable bonds is 6. The molecule has 0 saturated heterocycles. The molecule has 0 aliphatic rings. The minimum atomic E-state index is -0.612. The first kappa shape index (κ1) is 15.8. The Morgan fingerprint density at radius 3 is 2.00 bits per heavy atom. The van der Waals surface area contributed by atoms with Crippen LogP contribution in [0.15, 0.2) is 30.8 Å². The molecule has 2 heteroatoms. The molecule has 0 aliphatic heterocycles. The average molecular weight is 262 g/mol. The lowest BCUT2D eigenvalue weighted by Crippen LogP contribution is -2.43. The molecule has 1 aromatic carbocycles. The second-order valence-corrected chi connectivity index (χ2v) is 5.74. The third-order valence-electron chi connectivity index (χ3n) is 3.19. The molecular weight excluding hydrogens is 236 g/mol. The van der Waals surface area contributed by atoms with Crippen molar-refractivity contribution < 1.29 is 9.47 Å². The Labute approximate surface area is 117 Å². The highest BCUT2D eigenvalue weighted by Gasteiger charge is 2.32. The van der Waals surface area contributed by atoms with Gasteiger partial charge in [-0.2, -0.15) is 0 Å². The maximum atomic E-state index is 6.06. The van der Waals surface area contributed by atoms with Crippen LogP contribution in [0.3, 0.4) is 0 Å². The molecule has 0 spiro atoms. The van der Waals surface area contributed by atoms with Gasteiger partial charge < -0.3 is 9.47 Å². The van der Waals surface area contributed by atoms with E-state index in [4.69, 9.17) is 9.47 Å². The molecule has 0 fully saturated rings. The maximum Gasteiger partial charge on any atom is 0.210 e. The molecular formula is C17H26O2. The van der Waals surface area contributed by atoms with Crippen LogP contribution in [-0.4, -0.2) is 11.9 Å². The van der Waals surface area contributed by atoms with E-state index in [1.54, 1.807) is 0 Å².